The molecule has 0 aliphatic carbocycles. The van der Waals surface area contributed by atoms with Crippen LogP contribution in [0.15, 0.2) is 41.2 Å². The van der Waals surface area contributed by atoms with E-state index in [4.69, 9.17) is 4.74 Å². The number of fused-ring (bicyclic) bond motifs is 1. The topological polar surface area (TPSA) is 47.9 Å². The summed E-state index contributed by atoms with van der Waals surface area (Å²) >= 11 is 0. The molecule has 1 aromatic carbocycles. The Labute approximate surface area is 98.9 Å². The van der Waals surface area contributed by atoms with Crippen LogP contribution in [0, 0.1) is 0 Å². The highest BCUT2D eigenvalue weighted by Crippen LogP contribution is 2.09. The van der Waals surface area contributed by atoms with Gasteiger partial charge in [0.2, 0.25) is 0 Å². The van der Waals surface area contributed by atoms with Gasteiger partial charge in [-0.3, -0.25) is 9.79 Å². The number of rotatable bonds is 3. The zero-order chi connectivity index (χ0) is 12.1. The molecule has 0 atom stereocenters. The lowest BCUT2D eigenvalue weighted by Gasteiger charge is -2.03. The minimum atomic E-state index is -0.253. The van der Waals surface area contributed by atoms with E-state index in [0.29, 0.717) is 18.6 Å². The van der Waals surface area contributed by atoms with Crippen molar-refractivity contribution in [3.05, 3.63) is 46.8 Å². The average molecular weight is 231 g/mol. The quantitative estimate of drug-likeness (QED) is 0.725. The van der Waals surface area contributed by atoms with Gasteiger partial charge in [0.15, 0.2) is 0 Å². The number of methoxy groups -OCH3 is 1. The van der Waals surface area contributed by atoms with E-state index in [0.717, 1.165) is 10.6 Å². The molecule has 1 aromatic rings. The zero-order valence-corrected chi connectivity index (χ0v) is 9.55. The summed E-state index contributed by atoms with van der Waals surface area (Å²) in [6.45, 7) is 0. The zero-order valence-electron chi connectivity index (χ0n) is 9.55. The van der Waals surface area contributed by atoms with E-state index in [9.17, 15) is 4.79 Å². The van der Waals surface area contributed by atoms with Gasteiger partial charge < -0.3 is 9.47 Å². The number of benzene rings is 1. The van der Waals surface area contributed by atoms with Gasteiger partial charge in [-0.1, -0.05) is 12.1 Å². The van der Waals surface area contributed by atoms with Crippen molar-refractivity contribution < 1.29 is 14.3 Å². The third kappa shape index (κ3) is 2.93. The van der Waals surface area contributed by atoms with E-state index in [-0.39, 0.29) is 5.97 Å². The van der Waals surface area contributed by atoms with Gasteiger partial charge in [0.05, 0.1) is 31.3 Å². The molecule has 2 rings (SSSR count). The van der Waals surface area contributed by atoms with Gasteiger partial charge in [-0.05, 0) is 12.1 Å². The monoisotopic (exact) mass is 231 g/mol. The minimum absolute atomic E-state index is 0.253. The van der Waals surface area contributed by atoms with Crippen LogP contribution >= 0.6 is 0 Å². The van der Waals surface area contributed by atoms with Crippen LogP contribution in [0.3, 0.4) is 0 Å². The molecule has 0 saturated carbocycles. The van der Waals surface area contributed by atoms with Crippen molar-refractivity contribution in [2.75, 3.05) is 7.11 Å². The Morgan fingerprint density at radius 3 is 3.06 bits per heavy atom. The van der Waals surface area contributed by atoms with Gasteiger partial charge in [-0.25, -0.2) is 0 Å². The summed E-state index contributed by atoms with van der Waals surface area (Å²) in [5.41, 5.74) is 0. The molecule has 0 saturated heterocycles. The Hall–Kier alpha value is -2.10. The summed E-state index contributed by atoms with van der Waals surface area (Å²) in [6.07, 6.45) is 4.07. The first kappa shape index (κ1) is 11.4. The second kappa shape index (κ2) is 5.30. The molecule has 0 unspecified atom stereocenters. The van der Waals surface area contributed by atoms with Crippen molar-refractivity contribution in [2.45, 2.75) is 12.8 Å². The van der Waals surface area contributed by atoms with Crippen molar-refractivity contribution >= 4 is 12.2 Å². The van der Waals surface area contributed by atoms with Crippen LogP contribution in [0.5, 0.6) is 0 Å². The van der Waals surface area contributed by atoms with E-state index in [1.807, 2.05) is 24.3 Å². The predicted molar refractivity (Wildman–Crippen MR) is 62.1 cm³/mol. The average Bonchev–Trinajstić information content (AvgIpc) is 2.58. The fourth-order valence-electron chi connectivity index (χ4n) is 1.47. The maximum atomic E-state index is 11.0. The highest BCUT2D eigenvalue weighted by atomic mass is 16.5. The van der Waals surface area contributed by atoms with Gasteiger partial charge in [-0.2, -0.15) is 0 Å². The molecule has 4 heteroatoms. The first-order valence-corrected chi connectivity index (χ1v) is 5.35. The summed E-state index contributed by atoms with van der Waals surface area (Å²) in [5.74, 6) is 0.405. The molecule has 17 heavy (non-hydrogen) atoms. The third-order valence-corrected chi connectivity index (χ3v) is 2.42. The summed E-state index contributed by atoms with van der Waals surface area (Å²) < 4.78 is 10.0. The summed E-state index contributed by atoms with van der Waals surface area (Å²) in [5, 5.41) is 1.79. The fraction of sp³-hybridized carbons (Fsp3) is 0.231. The molecule has 0 radical (unpaired) electrons. The maximum Gasteiger partial charge on any atom is 0.305 e. The summed E-state index contributed by atoms with van der Waals surface area (Å²) in [6, 6.07) is 7.68. The number of esters is 1. The molecule has 1 aliphatic rings. The van der Waals surface area contributed by atoms with Gasteiger partial charge in [0.1, 0.15) is 5.76 Å². The van der Waals surface area contributed by atoms with Crippen molar-refractivity contribution in [1.29, 1.82) is 0 Å². The molecular formula is C13H13NO3. The van der Waals surface area contributed by atoms with Gasteiger partial charge in [-0.15, -0.1) is 0 Å². The highest BCUT2D eigenvalue weighted by Gasteiger charge is 2.05. The summed E-state index contributed by atoms with van der Waals surface area (Å²) in [4.78, 5) is 15.3. The number of hydrogen-bond acceptors (Lipinski definition) is 4. The van der Waals surface area contributed by atoms with Crippen molar-refractivity contribution in [3.8, 4) is 0 Å². The van der Waals surface area contributed by atoms with Crippen LogP contribution in [0.1, 0.15) is 12.8 Å². The second-order valence-electron chi connectivity index (χ2n) is 3.60. The largest absolute Gasteiger partial charge is 0.469 e. The van der Waals surface area contributed by atoms with E-state index in [1.54, 1.807) is 12.5 Å². The Morgan fingerprint density at radius 2 is 2.24 bits per heavy atom. The van der Waals surface area contributed by atoms with Crippen LogP contribution in [-0.4, -0.2) is 13.1 Å². The number of ether oxygens (including phenoxy) is 2. The SMILES string of the molecule is COC(=O)CCC1=CN=c2ccccc2=CO1. The summed E-state index contributed by atoms with van der Waals surface area (Å²) in [7, 11) is 1.37. The molecule has 0 aromatic heterocycles. The van der Waals surface area contributed by atoms with E-state index < -0.39 is 0 Å². The molecule has 88 valence electrons. The van der Waals surface area contributed by atoms with Crippen molar-refractivity contribution in [3.63, 3.8) is 0 Å². The molecule has 0 amide bonds. The van der Waals surface area contributed by atoms with Gasteiger partial charge in [0, 0.05) is 11.6 Å². The first-order valence-electron chi connectivity index (χ1n) is 5.35. The van der Waals surface area contributed by atoms with Crippen LogP contribution in [0.4, 0.5) is 0 Å². The van der Waals surface area contributed by atoms with E-state index >= 15 is 0 Å². The second-order valence-corrected chi connectivity index (χ2v) is 3.60. The molecule has 4 nitrogen and oxygen atoms in total. The standard InChI is InChI=1S/C13H13NO3/c1-16-13(15)7-6-11-8-14-12-5-3-2-4-10(12)9-17-11/h2-5,8-9H,6-7H2,1H3. The smallest absolute Gasteiger partial charge is 0.305 e. The number of allylic oxidation sites excluding steroid dienone is 1. The van der Waals surface area contributed by atoms with Crippen LogP contribution in [-0.2, 0) is 14.3 Å². The van der Waals surface area contributed by atoms with Crippen molar-refractivity contribution in [2.24, 2.45) is 4.99 Å². The number of carbonyl (C=O) groups is 1. The van der Waals surface area contributed by atoms with E-state index in [2.05, 4.69) is 9.73 Å². The Kier molecular flexibility index (Phi) is 3.55. The lowest BCUT2D eigenvalue weighted by atomic mass is 10.3. The maximum absolute atomic E-state index is 11.0. The highest BCUT2D eigenvalue weighted by molar-refractivity contribution is 5.69. The number of carbonyl (C=O) groups excluding carboxylic acids is 1. The molecule has 0 N–H and O–H groups in total. The first-order chi connectivity index (χ1) is 8.29. The molecular weight excluding hydrogens is 218 g/mol. The van der Waals surface area contributed by atoms with E-state index in [1.165, 1.54) is 7.11 Å². The van der Waals surface area contributed by atoms with Crippen molar-refractivity contribution in [1.82, 2.24) is 0 Å². The number of para-hydroxylation sites is 1. The fourth-order valence-corrected chi connectivity index (χ4v) is 1.47. The van der Waals surface area contributed by atoms with Crippen LogP contribution in [0.25, 0.3) is 6.26 Å². The lowest BCUT2D eigenvalue weighted by Crippen LogP contribution is -2.22. The molecule has 0 fully saturated rings. The molecule has 0 spiro atoms. The molecule has 0 bridgehead atoms. The molecule has 1 heterocycles. The van der Waals surface area contributed by atoms with Crippen LogP contribution < -0.4 is 10.6 Å². The number of hydrogen-bond donors (Lipinski definition) is 0. The Balaban J connectivity index is 2.13. The predicted octanol–water partition coefficient (Wildman–Crippen LogP) is 0.869. The van der Waals surface area contributed by atoms with Gasteiger partial charge >= 0.3 is 5.97 Å². The molecule has 1 aliphatic heterocycles. The Morgan fingerprint density at radius 1 is 1.41 bits per heavy atom. The number of nitrogens with zero attached hydrogens (tertiary/aromatic N) is 1. The minimum Gasteiger partial charge on any atom is -0.469 e. The Bertz CT molecular complexity index is 560. The third-order valence-electron chi connectivity index (χ3n) is 2.42. The lowest BCUT2D eigenvalue weighted by molar-refractivity contribution is -0.140. The van der Waals surface area contributed by atoms with Gasteiger partial charge in [0.25, 0.3) is 0 Å². The normalized spacial score (nSPS) is 13.1. The van der Waals surface area contributed by atoms with Crippen LogP contribution in [0.2, 0.25) is 0 Å².